The molecule has 3 aliphatic rings. The van der Waals surface area contributed by atoms with Crippen LogP contribution in [0.5, 0.6) is 0 Å². The number of aliphatic hydroxyl groups is 2. The number of carbonyl (C=O) groups is 1. The summed E-state index contributed by atoms with van der Waals surface area (Å²) in [6, 6.07) is 11.4. The second kappa shape index (κ2) is 9.05. The van der Waals surface area contributed by atoms with Crippen LogP contribution in [0.15, 0.2) is 42.6 Å². The highest BCUT2D eigenvalue weighted by Gasteiger charge is 2.53. The van der Waals surface area contributed by atoms with Gasteiger partial charge in [-0.3, -0.25) is 21.2 Å². The van der Waals surface area contributed by atoms with Crippen LogP contribution < -0.4 is 27.0 Å². The Kier molecular flexibility index (Phi) is 5.84. The first-order valence-electron chi connectivity index (χ1n) is 11.9. The van der Waals surface area contributed by atoms with Gasteiger partial charge >= 0.3 is 0 Å². The van der Waals surface area contributed by atoms with Gasteiger partial charge in [0, 0.05) is 25.2 Å². The summed E-state index contributed by atoms with van der Waals surface area (Å²) in [4.78, 5) is 23.8. The molecule has 7 atom stereocenters. The molecule has 13 nitrogen and oxygen atoms in total. The number of hydrogen-bond donors (Lipinski definition) is 7. The van der Waals surface area contributed by atoms with Crippen molar-refractivity contribution >= 4 is 23.0 Å². The minimum Gasteiger partial charge on any atom is -0.394 e. The average molecular weight is 496 g/mol. The largest absolute Gasteiger partial charge is 0.394 e. The molecule has 5 heterocycles. The minimum absolute atomic E-state index is 0.253. The fourth-order valence-corrected chi connectivity index (χ4v) is 5.18. The number of aromatic nitrogens is 3. The van der Waals surface area contributed by atoms with E-state index in [0.29, 0.717) is 11.6 Å². The van der Waals surface area contributed by atoms with Crippen molar-refractivity contribution in [1.82, 2.24) is 35.4 Å². The molecule has 0 spiro atoms. The number of nitrogens with one attached hydrogen (secondary N) is 4. The molecular formula is C23H29N9O4. The van der Waals surface area contributed by atoms with Crippen LogP contribution in [-0.4, -0.2) is 85.4 Å². The SMILES string of the molecule is Cn1c(NC2NC3C(=O)NC(N)NC3N2[C@H]2C[C@@H](O)[C@@H](CO)O2)nc2ncc(-c3ccccc3)cc21. The maximum Gasteiger partial charge on any atom is 0.242 e. The highest BCUT2D eigenvalue weighted by molar-refractivity contribution is 5.84. The number of ether oxygens (including phenoxy) is 1. The number of nitrogens with two attached hydrogens (primary N) is 1. The first kappa shape index (κ1) is 23.2. The van der Waals surface area contributed by atoms with Gasteiger partial charge in [0.1, 0.15) is 31.0 Å². The van der Waals surface area contributed by atoms with Crippen LogP contribution in [0.1, 0.15) is 6.42 Å². The number of carbonyl (C=O) groups excluding carboxylic acids is 1. The lowest BCUT2D eigenvalue weighted by atomic mass is 10.1. The molecule has 0 radical (unpaired) electrons. The zero-order valence-corrected chi connectivity index (χ0v) is 19.6. The number of anilines is 1. The van der Waals surface area contributed by atoms with E-state index in [0.717, 1.165) is 16.6 Å². The van der Waals surface area contributed by atoms with Crippen molar-refractivity contribution in [2.45, 2.75) is 49.6 Å². The Morgan fingerprint density at radius 2 is 2.06 bits per heavy atom. The van der Waals surface area contributed by atoms with E-state index < -0.39 is 43.2 Å². The predicted octanol–water partition coefficient (Wildman–Crippen LogP) is -1.64. The van der Waals surface area contributed by atoms with Gasteiger partial charge in [0.05, 0.1) is 24.4 Å². The van der Waals surface area contributed by atoms with Crippen molar-refractivity contribution in [2.24, 2.45) is 12.8 Å². The number of nitrogens with zero attached hydrogens (tertiary/aromatic N) is 4. The van der Waals surface area contributed by atoms with E-state index in [1.165, 1.54) is 0 Å². The Hall–Kier alpha value is -3.17. The lowest BCUT2D eigenvalue weighted by Crippen LogP contribution is -2.70. The quantitative estimate of drug-likeness (QED) is 0.216. The van der Waals surface area contributed by atoms with Gasteiger partial charge in [0.15, 0.2) is 5.65 Å². The van der Waals surface area contributed by atoms with E-state index in [1.807, 2.05) is 52.9 Å². The predicted molar refractivity (Wildman–Crippen MR) is 130 cm³/mol. The molecule has 0 aliphatic carbocycles. The average Bonchev–Trinajstić information content (AvgIpc) is 3.52. The van der Waals surface area contributed by atoms with Crippen LogP contribution in [0, 0.1) is 0 Å². The number of amides is 1. The van der Waals surface area contributed by atoms with Crippen molar-refractivity contribution < 1.29 is 19.7 Å². The molecule has 1 aromatic carbocycles. The summed E-state index contributed by atoms with van der Waals surface area (Å²) in [6.45, 7) is -0.307. The van der Waals surface area contributed by atoms with Crippen molar-refractivity contribution in [3.63, 3.8) is 0 Å². The van der Waals surface area contributed by atoms with Gasteiger partial charge in [-0.15, -0.1) is 0 Å². The Labute approximate surface area is 206 Å². The fourth-order valence-electron chi connectivity index (χ4n) is 5.18. The van der Waals surface area contributed by atoms with Crippen molar-refractivity contribution in [1.29, 1.82) is 0 Å². The number of benzene rings is 1. The van der Waals surface area contributed by atoms with E-state index in [1.54, 1.807) is 6.20 Å². The number of aryl methyl sites for hydroxylation is 1. The van der Waals surface area contributed by atoms with Gasteiger partial charge in [-0.25, -0.2) is 9.88 Å². The van der Waals surface area contributed by atoms with Crippen LogP contribution in [0.25, 0.3) is 22.3 Å². The monoisotopic (exact) mass is 495 g/mol. The Morgan fingerprint density at radius 3 is 2.81 bits per heavy atom. The van der Waals surface area contributed by atoms with Crippen LogP contribution in [-0.2, 0) is 16.6 Å². The molecule has 190 valence electrons. The van der Waals surface area contributed by atoms with E-state index in [9.17, 15) is 15.0 Å². The second-order valence-electron chi connectivity index (χ2n) is 9.28. The summed E-state index contributed by atoms with van der Waals surface area (Å²) in [5, 5.41) is 32.4. The zero-order valence-electron chi connectivity index (χ0n) is 19.6. The number of hydrogen-bond acceptors (Lipinski definition) is 11. The molecule has 0 saturated carbocycles. The summed E-state index contributed by atoms with van der Waals surface area (Å²) in [5.41, 5.74) is 9.43. The number of fused-ring (bicyclic) bond motifs is 2. The topological polar surface area (TPSA) is 175 Å². The normalized spacial score (nSPS) is 32.6. The molecule has 1 amide bonds. The molecule has 13 heteroatoms. The minimum atomic E-state index is -0.831. The smallest absolute Gasteiger partial charge is 0.242 e. The third kappa shape index (κ3) is 3.90. The first-order valence-corrected chi connectivity index (χ1v) is 11.9. The summed E-state index contributed by atoms with van der Waals surface area (Å²) in [5.74, 6) is 0.280. The third-order valence-corrected chi connectivity index (χ3v) is 7.03. The van der Waals surface area contributed by atoms with Gasteiger partial charge in [-0.2, -0.15) is 4.98 Å². The third-order valence-electron chi connectivity index (χ3n) is 7.03. The zero-order chi connectivity index (χ0) is 25.0. The van der Waals surface area contributed by atoms with Crippen molar-refractivity contribution in [3.8, 4) is 11.1 Å². The van der Waals surface area contributed by atoms with E-state index in [4.69, 9.17) is 10.5 Å². The summed E-state index contributed by atoms with van der Waals surface area (Å²) < 4.78 is 7.84. The second-order valence-corrected chi connectivity index (χ2v) is 9.28. The van der Waals surface area contributed by atoms with E-state index in [2.05, 4.69) is 31.2 Å². The maximum absolute atomic E-state index is 12.7. The summed E-state index contributed by atoms with van der Waals surface area (Å²) >= 11 is 0. The van der Waals surface area contributed by atoms with Crippen LogP contribution in [0.2, 0.25) is 0 Å². The summed E-state index contributed by atoms with van der Waals surface area (Å²) in [7, 11) is 1.89. The fraction of sp³-hybridized carbons (Fsp3) is 0.435. The maximum atomic E-state index is 12.7. The molecule has 36 heavy (non-hydrogen) atoms. The van der Waals surface area contributed by atoms with Gasteiger partial charge < -0.3 is 30.2 Å². The van der Waals surface area contributed by atoms with Gasteiger partial charge in [0.25, 0.3) is 0 Å². The highest BCUT2D eigenvalue weighted by atomic mass is 16.5. The van der Waals surface area contributed by atoms with Gasteiger partial charge in [-0.05, 0) is 11.6 Å². The molecule has 3 aliphatic heterocycles. The van der Waals surface area contributed by atoms with Gasteiger partial charge in [0.2, 0.25) is 11.9 Å². The molecule has 4 unspecified atom stereocenters. The standard InChI is InChI=1S/C23H29N9O4/c1-31-13-7-12(11-5-3-2-4-6-11)9-25-18(13)27-22(31)30-23-26-17-19(28-21(24)29-20(17)35)32(23)16-8-14(34)15(10-33)36-16/h2-7,9,14-17,19,21,23,26,28,33-34H,8,10,24H2,1H3,(H,29,35)(H,25,27,30)/t14-,15-,16-,17?,19?,21?,23?/m1/s1. The number of imidazole rings is 1. The van der Waals surface area contributed by atoms with E-state index in [-0.39, 0.29) is 18.9 Å². The van der Waals surface area contributed by atoms with Gasteiger partial charge in [-0.1, -0.05) is 30.3 Å². The van der Waals surface area contributed by atoms with Crippen LogP contribution in [0.3, 0.4) is 0 Å². The molecule has 0 bridgehead atoms. The Balaban J connectivity index is 1.32. The molecule has 8 N–H and O–H groups in total. The molecule has 3 saturated heterocycles. The number of aliphatic hydroxyl groups excluding tert-OH is 2. The lowest BCUT2D eigenvalue weighted by molar-refractivity contribution is -0.130. The Bertz CT molecular complexity index is 1270. The molecule has 6 rings (SSSR count). The van der Waals surface area contributed by atoms with Crippen molar-refractivity contribution in [2.75, 3.05) is 11.9 Å². The molecule has 2 aromatic heterocycles. The summed E-state index contributed by atoms with van der Waals surface area (Å²) in [6.07, 6.45) is -1.92. The first-order chi connectivity index (χ1) is 17.4. The van der Waals surface area contributed by atoms with Crippen molar-refractivity contribution in [3.05, 3.63) is 42.6 Å². The molecular weight excluding hydrogens is 466 g/mol. The lowest BCUT2D eigenvalue weighted by Gasteiger charge is -2.38. The van der Waals surface area contributed by atoms with Crippen LogP contribution >= 0.6 is 0 Å². The number of rotatable bonds is 5. The van der Waals surface area contributed by atoms with Crippen LogP contribution in [0.4, 0.5) is 5.95 Å². The highest BCUT2D eigenvalue weighted by Crippen LogP contribution is 2.31. The molecule has 3 aromatic rings. The molecule has 3 fully saturated rings. The number of pyridine rings is 1. The Morgan fingerprint density at radius 1 is 1.25 bits per heavy atom. The van der Waals surface area contributed by atoms with E-state index >= 15 is 0 Å².